The number of sulfonamides is 1. The van der Waals surface area contributed by atoms with Crippen LogP contribution in [0, 0.1) is 0 Å². The maximum Gasteiger partial charge on any atom is 0.244 e. The second-order valence-electron chi connectivity index (χ2n) is 8.79. The van der Waals surface area contributed by atoms with Gasteiger partial charge in [0.25, 0.3) is 0 Å². The van der Waals surface area contributed by atoms with Crippen molar-refractivity contribution in [2.24, 2.45) is 0 Å². The minimum absolute atomic E-state index is 0.0557. The van der Waals surface area contributed by atoms with Crippen LogP contribution in [-0.4, -0.2) is 45.4 Å². The van der Waals surface area contributed by atoms with E-state index in [4.69, 9.17) is 9.47 Å². The monoisotopic (exact) mass is 508 g/mol. The van der Waals surface area contributed by atoms with Crippen LogP contribution in [0.5, 0.6) is 11.5 Å². The molecular formula is C28H32N2O5S. The molecule has 8 heteroatoms. The highest BCUT2D eigenvalue weighted by Crippen LogP contribution is 2.34. The predicted molar refractivity (Wildman–Crippen MR) is 139 cm³/mol. The van der Waals surface area contributed by atoms with Crippen molar-refractivity contribution in [3.8, 4) is 11.5 Å². The highest BCUT2D eigenvalue weighted by molar-refractivity contribution is 7.89. The van der Waals surface area contributed by atoms with Crippen molar-refractivity contribution in [1.82, 2.24) is 9.62 Å². The number of ether oxygens (including phenoxy) is 2. The number of benzene rings is 3. The van der Waals surface area contributed by atoms with Crippen molar-refractivity contribution in [2.45, 2.75) is 43.2 Å². The Morgan fingerprint density at radius 1 is 0.917 bits per heavy atom. The fourth-order valence-corrected chi connectivity index (χ4v) is 6.10. The van der Waals surface area contributed by atoms with Gasteiger partial charge in [-0.1, -0.05) is 54.6 Å². The van der Waals surface area contributed by atoms with Crippen LogP contribution in [0.25, 0.3) is 0 Å². The largest absolute Gasteiger partial charge is 0.493 e. The molecule has 0 unspecified atom stereocenters. The molecule has 0 radical (unpaired) electrons. The van der Waals surface area contributed by atoms with Gasteiger partial charge in [0.15, 0.2) is 11.5 Å². The number of methoxy groups -OCH3 is 2. The lowest BCUT2D eigenvalue weighted by atomic mass is 9.95. The predicted octanol–water partition coefficient (Wildman–Crippen LogP) is 3.96. The molecule has 0 saturated heterocycles. The van der Waals surface area contributed by atoms with E-state index < -0.39 is 16.1 Å². The highest BCUT2D eigenvalue weighted by Gasteiger charge is 2.39. The van der Waals surface area contributed by atoms with Crippen LogP contribution in [0.3, 0.4) is 0 Å². The number of unbranched alkanes of at least 4 members (excludes halogenated alkanes) is 1. The summed E-state index contributed by atoms with van der Waals surface area (Å²) in [7, 11) is -1.04. The minimum atomic E-state index is -3.99. The van der Waals surface area contributed by atoms with Gasteiger partial charge in [-0.05, 0) is 54.5 Å². The van der Waals surface area contributed by atoms with Crippen LogP contribution >= 0.6 is 0 Å². The number of hydrogen-bond acceptors (Lipinski definition) is 5. The van der Waals surface area contributed by atoms with Gasteiger partial charge >= 0.3 is 0 Å². The van der Waals surface area contributed by atoms with Crippen LogP contribution in [-0.2, 0) is 34.2 Å². The molecule has 0 aromatic heterocycles. The summed E-state index contributed by atoms with van der Waals surface area (Å²) < 4.78 is 39.4. The van der Waals surface area contributed by atoms with Crippen LogP contribution in [0.2, 0.25) is 0 Å². The molecule has 0 spiro atoms. The van der Waals surface area contributed by atoms with Gasteiger partial charge in [0, 0.05) is 19.2 Å². The maximum absolute atomic E-state index is 13.8. The number of hydrogen-bond donors (Lipinski definition) is 1. The molecule has 1 heterocycles. The molecule has 1 aliphatic heterocycles. The van der Waals surface area contributed by atoms with E-state index in [9.17, 15) is 13.2 Å². The van der Waals surface area contributed by atoms with Crippen LogP contribution in [0.1, 0.15) is 29.5 Å². The van der Waals surface area contributed by atoms with Gasteiger partial charge in [-0.15, -0.1) is 0 Å². The molecule has 4 rings (SSSR count). The number of carbonyl (C=O) groups excluding carboxylic acids is 1. The lowest BCUT2D eigenvalue weighted by molar-refractivity contribution is -0.125. The molecule has 1 atom stereocenters. The summed E-state index contributed by atoms with van der Waals surface area (Å²) in [6.07, 6.45) is 3.00. The van der Waals surface area contributed by atoms with Crippen molar-refractivity contribution in [2.75, 3.05) is 20.8 Å². The first-order chi connectivity index (χ1) is 17.4. The van der Waals surface area contributed by atoms with Crippen LogP contribution in [0.4, 0.5) is 0 Å². The highest BCUT2D eigenvalue weighted by atomic mass is 32.2. The summed E-state index contributed by atoms with van der Waals surface area (Å²) in [5.41, 5.74) is 3.15. The van der Waals surface area contributed by atoms with Crippen molar-refractivity contribution < 1.29 is 22.7 Å². The van der Waals surface area contributed by atoms with E-state index in [2.05, 4.69) is 17.4 Å². The van der Waals surface area contributed by atoms with E-state index in [1.54, 1.807) is 6.07 Å². The molecule has 0 saturated carbocycles. The van der Waals surface area contributed by atoms with E-state index in [0.29, 0.717) is 24.5 Å². The Kier molecular flexibility index (Phi) is 8.28. The summed E-state index contributed by atoms with van der Waals surface area (Å²) in [5, 5.41) is 2.97. The van der Waals surface area contributed by atoms with Gasteiger partial charge in [-0.3, -0.25) is 4.79 Å². The van der Waals surface area contributed by atoms with Crippen LogP contribution < -0.4 is 14.8 Å². The van der Waals surface area contributed by atoms with E-state index in [-0.39, 0.29) is 17.3 Å². The third kappa shape index (κ3) is 5.71. The van der Waals surface area contributed by atoms with Gasteiger partial charge in [-0.25, -0.2) is 8.42 Å². The average molecular weight is 509 g/mol. The molecule has 190 valence electrons. The zero-order valence-corrected chi connectivity index (χ0v) is 21.5. The Labute approximate surface area is 213 Å². The molecule has 0 aliphatic carbocycles. The molecule has 1 aliphatic rings. The van der Waals surface area contributed by atoms with E-state index in [0.717, 1.165) is 30.4 Å². The first-order valence-corrected chi connectivity index (χ1v) is 13.5. The molecule has 0 bridgehead atoms. The smallest absolute Gasteiger partial charge is 0.244 e. The maximum atomic E-state index is 13.8. The van der Waals surface area contributed by atoms with Gasteiger partial charge in [0.05, 0.1) is 19.1 Å². The molecule has 36 heavy (non-hydrogen) atoms. The molecular weight excluding hydrogens is 476 g/mol. The van der Waals surface area contributed by atoms with Crippen molar-refractivity contribution in [3.63, 3.8) is 0 Å². The standard InChI is InChI=1S/C28H32N2O5S/c1-34-26-16-15-24(19-27(26)35-2)36(32,33)30-20-23-14-7-6-13-22(23)18-25(30)28(31)29-17-9-8-12-21-10-4-3-5-11-21/h3-7,10-11,13-16,19,25H,8-9,12,17-18,20H2,1-2H3,(H,29,31)/t25-/m0/s1. The minimum Gasteiger partial charge on any atom is -0.493 e. The summed E-state index contributed by atoms with van der Waals surface area (Å²) in [6.45, 7) is 0.618. The number of carbonyl (C=O) groups is 1. The number of nitrogens with zero attached hydrogens (tertiary/aromatic N) is 1. The summed E-state index contributed by atoms with van der Waals surface area (Å²) >= 11 is 0. The fraction of sp³-hybridized carbons (Fsp3) is 0.321. The number of aryl methyl sites for hydroxylation is 1. The zero-order valence-electron chi connectivity index (χ0n) is 20.6. The lowest BCUT2D eigenvalue weighted by Gasteiger charge is -2.35. The second-order valence-corrected chi connectivity index (χ2v) is 10.7. The van der Waals surface area contributed by atoms with Gasteiger partial charge in [0.1, 0.15) is 6.04 Å². The van der Waals surface area contributed by atoms with Gasteiger partial charge < -0.3 is 14.8 Å². The zero-order chi connectivity index (χ0) is 25.5. The van der Waals surface area contributed by atoms with Crippen molar-refractivity contribution in [3.05, 3.63) is 89.5 Å². The lowest BCUT2D eigenvalue weighted by Crippen LogP contribution is -2.52. The quantitative estimate of drug-likeness (QED) is 0.419. The normalized spacial score (nSPS) is 15.7. The average Bonchev–Trinajstić information content (AvgIpc) is 2.92. The third-order valence-electron chi connectivity index (χ3n) is 6.50. The third-order valence-corrected chi connectivity index (χ3v) is 8.35. The Bertz CT molecular complexity index is 1290. The number of nitrogens with one attached hydrogen (secondary N) is 1. The van der Waals surface area contributed by atoms with Crippen molar-refractivity contribution in [1.29, 1.82) is 0 Å². The topological polar surface area (TPSA) is 84.9 Å². The summed E-state index contributed by atoms with van der Waals surface area (Å²) in [6, 6.07) is 21.5. The Balaban J connectivity index is 1.51. The molecule has 1 N–H and O–H groups in total. The SMILES string of the molecule is COc1ccc(S(=O)(=O)N2Cc3ccccc3C[C@H]2C(=O)NCCCCc2ccccc2)cc1OC. The number of rotatable bonds is 10. The van der Waals surface area contributed by atoms with Crippen molar-refractivity contribution >= 4 is 15.9 Å². The Hall–Kier alpha value is -3.36. The number of fused-ring (bicyclic) bond motifs is 1. The molecule has 3 aromatic rings. The summed E-state index contributed by atoms with van der Waals surface area (Å²) in [4.78, 5) is 13.3. The number of amides is 1. The fourth-order valence-electron chi connectivity index (χ4n) is 4.52. The van der Waals surface area contributed by atoms with E-state index in [1.165, 1.54) is 36.2 Å². The van der Waals surface area contributed by atoms with Crippen LogP contribution in [0.15, 0.2) is 77.7 Å². The van der Waals surface area contributed by atoms with Gasteiger partial charge in [0.2, 0.25) is 15.9 Å². The second kappa shape index (κ2) is 11.6. The Morgan fingerprint density at radius 3 is 2.33 bits per heavy atom. The van der Waals surface area contributed by atoms with Gasteiger partial charge in [-0.2, -0.15) is 4.31 Å². The first-order valence-electron chi connectivity index (χ1n) is 12.1. The summed E-state index contributed by atoms with van der Waals surface area (Å²) in [5.74, 6) is 0.467. The molecule has 1 amide bonds. The molecule has 3 aromatic carbocycles. The first kappa shape index (κ1) is 25.7. The molecule has 7 nitrogen and oxygen atoms in total. The van der Waals surface area contributed by atoms with E-state index in [1.807, 2.05) is 42.5 Å². The van der Waals surface area contributed by atoms with E-state index >= 15 is 0 Å². The Morgan fingerprint density at radius 2 is 1.61 bits per heavy atom. The molecule has 0 fully saturated rings.